The highest BCUT2D eigenvalue weighted by Crippen LogP contribution is 2.20. The van der Waals surface area contributed by atoms with Crippen LogP contribution in [0.5, 0.6) is 0 Å². The molecule has 0 radical (unpaired) electrons. The van der Waals surface area contributed by atoms with Crippen LogP contribution >= 0.6 is 11.6 Å². The lowest BCUT2D eigenvalue weighted by molar-refractivity contribution is -0.385. The topological polar surface area (TPSA) is 150 Å². The van der Waals surface area contributed by atoms with Gasteiger partial charge in [-0.05, 0) is 43.4 Å². The summed E-state index contributed by atoms with van der Waals surface area (Å²) in [6.45, 7) is 10.1. The molecule has 0 aliphatic rings. The molecule has 0 atom stereocenters. The van der Waals surface area contributed by atoms with E-state index in [4.69, 9.17) is 17.3 Å². The van der Waals surface area contributed by atoms with Gasteiger partial charge < -0.3 is 11.1 Å². The fraction of sp³-hybridized carbons (Fsp3) is 0.500. The van der Waals surface area contributed by atoms with Crippen LogP contribution in [0.15, 0.2) is 36.7 Å². The monoisotopic (exact) mass is 454 g/mol. The second-order valence-electron chi connectivity index (χ2n) is 7.28. The molecular weight excluding hydrogens is 424 g/mol. The van der Waals surface area contributed by atoms with Gasteiger partial charge in [-0.2, -0.15) is 0 Å². The van der Waals surface area contributed by atoms with Gasteiger partial charge in [0.05, 0.1) is 9.85 Å². The average molecular weight is 455 g/mol. The van der Waals surface area contributed by atoms with Gasteiger partial charge in [-0.25, -0.2) is 9.97 Å². The van der Waals surface area contributed by atoms with E-state index in [0.29, 0.717) is 18.3 Å². The normalized spacial score (nSPS) is 9.94. The second kappa shape index (κ2) is 15.9. The molecule has 0 saturated heterocycles. The minimum atomic E-state index is -0.574. The summed E-state index contributed by atoms with van der Waals surface area (Å²) in [7, 11) is 0. The predicted octanol–water partition coefficient (Wildman–Crippen LogP) is 5.08. The summed E-state index contributed by atoms with van der Waals surface area (Å²) in [6, 6.07) is 5.77. The number of nitrogens with zero attached hydrogens (tertiary/aromatic N) is 4. The second-order valence-corrected chi connectivity index (χ2v) is 7.64. The van der Waals surface area contributed by atoms with E-state index < -0.39 is 9.85 Å². The predicted molar refractivity (Wildman–Crippen MR) is 123 cm³/mol. The molecule has 2 rings (SSSR count). The number of halogens is 1. The Morgan fingerprint density at radius 3 is 1.87 bits per heavy atom. The highest BCUT2D eigenvalue weighted by molar-refractivity contribution is 6.31. The standard InChI is InChI=1S/C10H15N3O2.C5H3ClN2O2.C5H13N/c1-8(2)5-7-12-10-9(13(14)15)4-3-6-11-10;6-5-4(8(9)10)2-1-3-7-5;1-5(2)3-4-6/h3-4,6,8H,5,7H2,1-2H3,(H,11,12);1-3H;5H,3-4,6H2,1-2H3. The third kappa shape index (κ3) is 13.1. The number of hydrogen-bond donors (Lipinski definition) is 2. The number of nitro groups is 2. The van der Waals surface area contributed by atoms with E-state index in [9.17, 15) is 20.2 Å². The number of aromatic nitrogens is 2. The van der Waals surface area contributed by atoms with Crippen molar-refractivity contribution in [1.29, 1.82) is 0 Å². The van der Waals surface area contributed by atoms with E-state index in [1.54, 1.807) is 12.3 Å². The van der Waals surface area contributed by atoms with Crippen molar-refractivity contribution in [2.75, 3.05) is 18.4 Å². The molecule has 0 amide bonds. The van der Waals surface area contributed by atoms with Crippen molar-refractivity contribution in [3.8, 4) is 0 Å². The van der Waals surface area contributed by atoms with E-state index in [1.165, 1.54) is 24.4 Å². The zero-order valence-corrected chi connectivity index (χ0v) is 19.1. The molecule has 0 aromatic carbocycles. The lowest BCUT2D eigenvalue weighted by Gasteiger charge is -2.07. The zero-order chi connectivity index (χ0) is 23.8. The van der Waals surface area contributed by atoms with Gasteiger partial charge in [0.25, 0.3) is 0 Å². The Balaban J connectivity index is 0.000000484. The Hall–Kier alpha value is -2.85. The first-order valence-corrected chi connectivity index (χ1v) is 10.3. The summed E-state index contributed by atoms with van der Waals surface area (Å²) < 4.78 is 0. The Bertz CT molecular complexity index is 805. The molecule has 0 fully saturated rings. The zero-order valence-electron chi connectivity index (χ0n) is 18.3. The Kier molecular flexibility index (Phi) is 14.5. The van der Waals surface area contributed by atoms with Crippen molar-refractivity contribution >= 4 is 28.8 Å². The number of anilines is 1. The molecule has 10 nitrogen and oxygen atoms in total. The van der Waals surface area contributed by atoms with Crippen molar-refractivity contribution < 1.29 is 9.85 Å². The van der Waals surface area contributed by atoms with E-state index in [-0.39, 0.29) is 16.5 Å². The molecule has 0 saturated carbocycles. The maximum Gasteiger partial charge on any atom is 0.311 e. The number of nitrogens with two attached hydrogens (primary N) is 1. The van der Waals surface area contributed by atoms with Crippen molar-refractivity contribution in [2.24, 2.45) is 17.6 Å². The molecule has 0 unspecified atom stereocenters. The Morgan fingerprint density at radius 1 is 0.968 bits per heavy atom. The summed E-state index contributed by atoms with van der Waals surface area (Å²) in [5.74, 6) is 1.69. The molecule has 172 valence electrons. The highest BCUT2D eigenvalue weighted by atomic mass is 35.5. The van der Waals surface area contributed by atoms with Gasteiger partial charge in [0.2, 0.25) is 11.0 Å². The van der Waals surface area contributed by atoms with Crippen LogP contribution in [0.1, 0.15) is 40.5 Å². The average Bonchev–Trinajstić information content (AvgIpc) is 2.69. The number of pyridine rings is 2. The van der Waals surface area contributed by atoms with Crippen LogP contribution in [0, 0.1) is 32.1 Å². The van der Waals surface area contributed by atoms with Crippen molar-refractivity contribution in [3.63, 3.8) is 0 Å². The first kappa shape index (κ1) is 28.1. The van der Waals surface area contributed by atoms with Gasteiger partial charge in [0.15, 0.2) is 0 Å². The van der Waals surface area contributed by atoms with Crippen LogP contribution < -0.4 is 11.1 Å². The van der Waals surface area contributed by atoms with E-state index in [2.05, 4.69) is 43.0 Å². The summed E-state index contributed by atoms with van der Waals surface area (Å²) in [5.41, 5.74) is 5.10. The first-order chi connectivity index (χ1) is 14.6. The minimum Gasteiger partial charge on any atom is -0.364 e. The lowest BCUT2D eigenvalue weighted by Crippen LogP contribution is -2.08. The van der Waals surface area contributed by atoms with E-state index in [0.717, 1.165) is 25.3 Å². The van der Waals surface area contributed by atoms with Gasteiger partial charge in [0.1, 0.15) is 0 Å². The Labute approximate surface area is 187 Å². The summed E-state index contributed by atoms with van der Waals surface area (Å²) in [4.78, 5) is 27.2. The minimum absolute atomic E-state index is 0.0289. The van der Waals surface area contributed by atoms with Crippen molar-refractivity contribution in [1.82, 2.24) is 9.97 Å². The summed E-state index contributed by atoms with van der Waals surface area (Å²) >= 11 is 5.37. The number of nitrogens with one attached hydrogen (secondary N) is 1. The third-order valence-corrected chi connectivity index (χ3v) is 3.97. The fourth-order valence-corrected chi connectivity index (χ4v) is 2.20. The van der Waals surface area contributed by atoms with Crippen LogP contribution in [-0.4, -0.2) is 32.9 Å². The van der Waals surface area contributed by atoms with Crippen LogP contribution in [0.25, 0.3) is 0 Å². The van der Waals surface area contributed by atoms with Gasteiger partial charge >= 0.3 is 11.4 Å². The van der Waals surface area contributed by atoms with Crippen molar-refractivity contribution in [3.05, 3.63) is 62.0 Å². The molecule has 0 bridgehead atoms. The molecule has 11 heteroatoms. The molecule has 2 aromatic heterocycles. The smallest absolute Gasteiger partial charge is 0.311 e. The molecule has 0 aliphatic heterocycles. The van der Waals surface area contributed by atoms with E-state index in [1.807, 2.05) is 0 Å². The van der Waals surface area contributed by atoms with Gasteiger partial charge in [-0.3, -0.25) is 20.2 Å². The summed E-state index contributed by atoms with van der Waals surface area (Å²) in [6.07, 6.45) is 5.06. The molecule has 2 heterocycles. The van der Waals surface area contributed by atoms with Crippen LogP contribution in [0.2, 0.25) is 5.15 Å². The maximum absolute atomic E-state index is 10.6. The molecule has 31 heavy (non-hydrogen) atoms. The molecule has 0 aliphatic carbocycles. The maximum atomic E-state index is 10.6. The fourth-order valence-electron chi connectivity index (χ4n) is 2.01. The van der Waals surface area contributed by atoms with Crippen LogP contribution in [-0.2, 0) is 0 Å². The lowest BCUT2D eigenvalue weighted by atomic mass is 10.1. The van der Waals surface area contributed by atoms with Crippen LogP contribution in [0.4, 0.5) is 17.2 Å². The Morgan fingerprint density at radius 2 is 1.48 bits per heavy atom. The number of hydrogen-bond acceptors (Lipinski definition) is 8. The molecule has 3 N–H and O–H groups in total. The van der Waals surface area contributed by atoms with Gasteiger partial charge in [-0.15, -0.1) is 0 Å². The SMILES string of the molecule is CC(C)CCN.CC(C)CCNc1ncccc1[N+](=O)[O-].O=[N+]([O-])c1cccnc1Cl. The van der Waals surface area contributed by atoms with Gasteiger partial charge in [0, 0.05) is 31.1 Å². The first-order valence-electron chi connectivity index (χ1n) is 9.88. The van der Waals surface area contributed by atoms with Crippen molar-refractivity contribution in [2.45, 2.75) is 40.5 Å². The molecule has 2 aromatic rings. The largest absolute Gasteiger partial charge is 0.364 e. The van der Waals surface area contributed by atoms with Gasteiger partial charge in [-0.1, -0.05) is 39.3 Å². The quantitative estimate of drug-likeness (QED) is 0.318. The molecule has 0 spiro atoms. The molecular formula is C20H31ClN6O4. The van der Waals surface area contributed by atoms with Crippen LogP contribution in [0.3, 0.4) is 0 Å². The number of rotatable bonds is 8. The summed E-state index contributed by atoms with van der Waals surface area (Å²) in [5, 5.41) is 23.6. The third-order valence-electron chi connectivity index (χ3n) is 3.68. The highest BCUT2D eigenvalue weighted by Gasteiger charge is 2.13. The van der Waals surface area contributed by atoms with E-state index >= 15 is 0 Å².